The number of benzene rings is 2. The van der Waals surface area contributed by atoms with Crippen molar-refractivity contribution in [3.05, 3.63) is 73.2 Å². The molecule has 1 aliphatic carbocycles. The van der Waals surface area contributed by atoms with Gasteiger partial charge in [-0.15, -0.1) is 11.3 Å². The third-order valence-corrected chi connectivity index (χ3v) is 4.93. The number of hydrogen-bond acceptors (Lipinski definition) is 2. The normalized spacial score (nSPS) is 10.3. The van der Waals surface area contributed by atoms with Crippen LogP contribution in [0.2, 0.25) is 0 Å². The molecule has 0 saturated heterocycles. The van der Waals surface area contributed by atoms with E-state index in [1.807, 2.05) is 13.8 Å². The number of fused-ring (bicyclic) bond motifs is 5. The maximum atomic E-state index is 9.34. The zero-order chi connectivity index (χ0) is 15.5. The van der Waals surface area contributed by atoms with Crippen molar-refractivity contribution < 1.29 is 37.7 Å². The third-order valence-electron chi connectivity index (χ3n) is 3.83. The van der Waals surface area contributed by atoms with Crippen LogP contribution < -0.4 is 4.78 Å². The summed E-state index contributed by atoms with van der Waals surface area (Å²) >= 11 is 1.65. The van der Waals surface area contributed by atoms with Gasteiger partial charge < -0.3 is 12.5 Å². The van der Waals surface area contributed by atoms with Crippen LogP contribution in [0.4, 0.5) is 0 Å². The molecular formula is C20H21BOSY-. The molecule has 1 N–H and O–H groups in total. The molecule has 0 fully saturated rings. The second-order valence-corrected chi connectivity index (χ2v) is 6.10. The van der Waals surface area contributed by atoms with Crippen LogP contribution in [0.3, 0.4) is 0 Å². The fourth-order valence-corrected chi connectivity index (χ4v) is 3.97. The maximum Gasteiger partial charge on any atom is 0.337 e. The van der Waals surface area contributed by atoms with Gasteiger partial charge in [-0.2, -0.15) is 0 Å². The van der Waals surface area contributed by atoms with Crippen LogP contribution in [-0.2, 0) is 39.1 Å². The number of rotatable bonds is 1. The van der Waals surface area contributed by atoms with Gasteiger partial charge in [0.1, 0.15) is 0 Å². The smallest absolute Gasteiger partial charge is 0.337 e. The molecule has 2 radical (unpaired) electrons. The van der Waals surface area contributed by atoms with E-state index in [9.17, 15) is 5.02 Å². The van der Waals surface area contributed by atoms with Crippen molar-refractivity contribution in [3.63, 3.8) is 0 Å². The largest absolute Gasteiger partial charge is 0.449 e. The molecule has 0 bridgehead atoms. The average Bonchev–Trinajstić information content (AvgIpc) is 2.97. The first kappa shape index (κ1) is 21.3. The van der Waals surface area contributed by atoms with Crippen LogP contribution in [-0.4, -0.2) is 12.5 Å². The zero-order valence-electron chi connectivity index (χ0n) is 14.4. The molecule has 3 aromatic rings. The van der Waals surface area contributed by atoms with Gasteiger partial charge in [-0.25, -0.2) is 0 Å². The van der Waals surface area contributed by atoms with Crippen LogP contribution in [0, 0.1) is 7.43 Å². The van der Waals surface area contributed by atoms with Crippen molar-refractivity contribution in [3.8, 4) is 21.6 Å². The number of hydrogen-bond donors (Lipinski definition) is 1. The molecule has 0 saturated carbocycles. The molecule has 1 aliphatic rings. The Morgan fingerprint density at radius 2 is 1.42 bits per heavy atom. The van der Waals surface area contributed by atoms with Gasteiger partial charge in [0.2, 0.25) is 0 Å². The van der Waals surface area contributed by atoms with E-state index in [0.717, 1.165) is 11.2 Å². The molecule has 2 aromatic carbocycles. The Bertz CT molecular complexity index is 735. The van der Waals surface area contributed by atoms with Crippen LogP contribution >= 0.6 is 11.3 Å². The van der Waals surface area contributed by atoms with Gasteiger partial charge in [0.15, 0.2) is 0 Å². The predicted octanol–water partition coefficient (Wildman–Crippen LogP) is 4.70. The monoisotopic (exact) mass is 409 g/mol. The maximum absolute atomic E-state index is 9.34. The Kier molecular flexibility index (Phi) is 8.59. The second-order valence-electron chi connectivity index (χ2n) is 5.01. The van der Waals surface area contributed by atoms with E-state index in [-0.39, 0.29) is 40.1 Å². The molecule has 120 valence electrons. The molecule has 0 aliphatic heterocycles. The Morgan fingerprint density at radius 3 is 2.04 bits per heavy atom. The first-order valence-electron chi connectivity index (χ1n) is 7.64. The van der Waals surface area contributed by atoms with E-state index < -0.39 is 0 Å². The van der Waals surface area contributed by atoms with E-state index in [4.69, 9.17) is 0 Å². The summed E-state index contributed by atoms with van der Waals surface area (Å²) in [5.41, 5.74) is 6.50. The summed E-state index contributed by atoms with van der Waals surface area (Å²) in [5.74, 6) is 0. The van der Waals surface area contributed by atoms with Gasteiger partial charge in [-0.1, -0.05) is 62.4 Å². The molecule has 1 nitrogen and oxygen atoms in total. The fourth-order valence-electron chi connectivity index (χ4n) is 2.91. The first-order valence-corrected chi connectivity index (χ1v) is 8.46. The van der Waals surface area contributed by atoms with E-state index in [2.05, 4.69) is 54.6 Å². The molecule has 1 aromatic heterocycles. The average molecular weight is 409 g/mol. The molecule has 0 atom stereocenters. The van der Waals surface area contributed by atoms with Gasteiger partial charge >= 0.3 is 7.48 Å². The van der Waals surface area contributed by atoms with Crippen molar-refractivity contribution in [1.29, 1.82) is 0 Å². The molecule has 1 heterocycles. The Balaban J connectivity index is 0.000000695. The third kappa shape index (κ3) is 3.91. The zero-order valence-corrected chi connectivity index (χ0v) is 18.1. The summed E-state index contributed by atoms with van der Waals surface area (Å²) in [6, 6.07) is 19.2. The molecule has 4 rings (SSSR count). The van der Waals surface area contributed by atoms with Crippen molar-refractivity contribution in [2.45, 2.75) is 20.3 Å². The molecule has 4 heteroatoms. The summed E-state index contributed by atoms with van der Waals surface area (Å²) in [5, 5.41) is 9.34. The van der Waals surface area contributed by atoms with Crippen molar-refractivity contribution in [2.24, 2.45) is 0 Å². The van der Waals surface area contributed by atoms with Gasteiger partial charge in [0.05, 0.1) is 0 Å². The minimum Gasteiger partial charge on any atom is -0.449 e. The molecule has 0 unspecified atom stereocenters. The van der Waals surface area contributed by atoms with Crippen molar-refractivity contribution >= 4 is 23.6 Å². The Morgan fingerprint density at radius 1 is 0.875 bits per heavy atom. The van der Waals surface area contributed by atoms with E-state index in [0.29, 0.717) is 0 Å². The van der Waals surface area contributed by atoms with Crippen LogP contribution in [0.25, 0.3) is 21.6 Å². The van der Waals surface area contributed by atoms with Gasteiger partial charge in [-0.3, -0.25) is 0 Å². The predicted molar refractivity (Wildman–Crippen MR) is 103 cm³/mol. The Hall–Kier alpha value is -0.731. The summed E-state index contributed by atoms with van der Waals surface area (Å²) in [4.78, 5) is 1.26. The van der Waals surface area contributed by atoms with Crippen LogP contribution in [0.15, 0.2) is 54.6 Å². The van der Waals surface area contributed by atoms with Crippen LogP contribution in [0.1, 0.15) is 25.0 Å². The van der Waals surface area contributed by atoms with Gasteiger partial charge in [0, 0.05) is 47.9 Å². The van der Waals surface area contributed by atoms with E-state index in [1.54, 1.807) is 11.3 Å². The number of thiophene rings is 1. The summed E-state index contributed by atoms with van der Waals surface area (Å²) in [7, 11) is 1.20. The summed E-state index contributed by atoms with van der Waals surface area (Å²) in [6.07, 6.45) is 0.964. The topological polar surface area (TPSA) is 20.2 Å². The van der Waals surface area contributed by atoms with Crippen LogP contribution in [0.5, 0.6) is 0 Å². The van der Waals surface area contributed by atoms with Gasteiger partial charge in [0.25, 0.3) is 0 Å². The van der Waals surface area contributed by atoms with E-state index in [1.165, 1.54) is 40.2 Å². The minimum absolute atomic E-state index is 0. The fraction of sp³-hybridized carbons (Fsp3) is 0.150. The SMILES string of the molecule is CC.O[B]c1cc2c(s1)-c1ccccc1Cc1ccccc1-2.[CH3-].[Y]. The molecule has 24 heavy (non-hydrogen) atoms. The molecule has 0 amide bonds. The first-order chi connectivity index (χ1) is 10.9. The quantitative estimate of drug-likeness (QED) is 0.357. The van der Waals surface area contributed by atoms with E-state index >= 15 is 0 Å². The second kappa shape index (κ2) is 9.67. The molecular weight excluding hydrogens is 388 g/mol. The molecule has 0 spiro atoms. The van der Waals surface area contributed by atoms with Gasteiger partial charge in [-0.05, 0) is 34.7 Å². The van der Waals surface area contributed by atoms with Crippen molar-refractivity contribution in [2.75, 3.05) is 0 Å². The summed E-state index contributed by atoms with van der Waals surface area (Å²) in [6.45, 7) is 4.00. The Labute approximate surface area is 175 Å². The summed E-state index contributed by atoms with van der Waals surface area (Å²) < 4.78 is 0.904. The minimum atomic E-state index is 0. The van der Waals surface area contributed by atoms with Crippen molar-refractivity contribution in [1.82, 2.24) is 0 Å². The standard InChI is InChI=1S/C17H12BOS.C2H6.CH3.Y/c19-18-16-10-15-13-7-3-1-5-11(13)9-12-6-2-4-8-14(12)17(15)20-16;1-2;;/h1-8,10,19H,9H2;1-2H3;1H3;/q;;-1;.